The van der Waals surface area contributed by atoms with Crippen molar-refractivity contribution in [2.45, 2.75) is 44.4 Å². The van der Waals surface area contributed by atoms with E-state index in [9.17, 15) is 4.79 Å². The second-order valence-electron chi connectivity index (χ2n) is 6.21. The molecule has 2 saturated carbocycles. The van der Waals surface area contributed by atoms with Crippen LogP contribution in [0.4, 0.5) is 5.82 Å². The Bertz CT molecular complexity index is 509. The Labute approximate surface area is 119 Å². The van der Waals surface area contributed by atoms with E-state index in [2.05, 4.69) is 15.3 Å². The molecule has 0 spiro atoms. The van der Waals surface area contributed by atoms with Crippen LogP contribution in [-0.4, -0.2) is 23.1 Å². The number of hydrogen-bond donors (Lipinski definition) is 3. The molecule has 1 aromatic heterocycles. The zero-order valence-corrected chi connectivity index (χ0v) is 11.9. The largest absolute Gasteiger partial charge is 0.370 e. The van der Waals surface area contributed by atoms with Crippen LogP contribution < -0.4 is 16.6 Å². The second kappa shape index (κ2) is 5.95. The SMILES string of the molecule is NCC1CCCCC1CNc1cc(=O)[nH]c(C2CC2)n1. The quantitative estimate of drug-likeness (QED) is 0.766. The van der Waals surface area contributed by atoms with E-state index < -0.39 is 0 Å². The van der Waals surface area contributed by atoms with Gasteiger partial charge in [-0.05, 0) is 44.1 Å². The highest BCUT2D eigenvalue weighted by Crippen LogP contribution is 2.37. The molecule has 0 aromatic carbocycles. The summed E-state index contributed by atoms with van der Waals surface area (Å²) in [6.07, 6.45) is 7.34. The lowest BCUT2D eigenvalue weighted by Crippen LogP contribution is -2.31. The van der Waals surface area contributed by atoms with Crippen molar-refractivity contribution in [3.63, 3.8) is 0 Å². The summed E-state index contributed by atoms with van der Waals surface area (Å²) >= 11 is 0. The molecule has 2 aliphatic rings. The average Bonchev–Trinajstić information content (AvgIpc) is 3.29. The summed E-state index contributed by atoms with van der Waals surface area (Å²) in [5.41, 5.74) is 5.81. The Kier molecular flexibility index (Phi) is 4.05. The minimum Gasteiger partial charge on any atom is -0.370 e. The predicted octanol–water partition coefficient (Wildman–Crippen LogP) is 1.82. The minimum absolute atomic E-state index is 0.0524. The van der Waals surface area contributed by atoms with Crippen molar-refractivity contribution < 1.29 is 0 Å². The summed E-state index contributed by atoms with van der Waals surface area (Å²) in [5.74, 6) is 3.26. The Morgan fingerprint density at radius 1 is 1.25 bits per heavy atom. The fourth-order valence-corrected chi connectivity index (χ4v) is 3.22. The highest BCUT2D eigenvalue weighted by atomic mass is 16.1. The van der Waals surface area contributed by atoms with Crippen molar-refractivity contribution in [2.75, 3.05) is 18.4 Å². The van der Waals surface area contributed by atoms with E-state index in [4.69, 9.17) is 5.73 Å². The van der Waals surface area contributed by atoms with Crippen molar-refractivity contribution in [2.24, 2.45) is 17.6 Å². The molecule has 0 amide bonds. The molecule has 0 radical (unpaired) electrons. The third-order valence-corrected chi connectivity index (χ3v) is 4.64. The maximum absolute atomic E-state index is 11.7. The Morgan fingerprint density at radius 3 is 2.70 bits per heavy atom. The minimum atomic E-state index is -0.0524. The van der Waals surface area contributed by atoms with Crippen LogP contribution >= 0.6 is 0 Å². The first-order valence-electron chi connectivity index (χ1n) is 7.81. The van der Waals surface area contributed by atoms with Crippen LogP contribution in [0.3, 0.4) is 0 Å². The third-order valence-electron chi connectivity index (χ3n) is 4.64. The van der Waals surface area contributed by atoms with Crippen LogP contribution in [-0.2, 0) is 0 Å². The molecule has 2 fully saturated rings. The third kappa shape index (κ3) is 3.20. The van der Waals surface area contributed by atoms with E-state index in [-0.39, 0.29) is 5.56 Å². The smallest absolute Gasteiger partial charge is 0.252 e. The summed E-state index contributed by atoms with van der Waals surface area (Å²) < 4.78 is 0. The van der Waals surface area contributed by atoms with Gasteiger partial charge in [-0.15, -0.1) is 0 Å². The second-order valence-corrected chi connectivity index (χ2v) is 6.21. The number of H-pyrrole nitrogens is 1. The average molecular weight is 276 g/mol. The first-order valence-corrected chi connectivity index (χ1v) is 7.81. The highest BCUT2D eigenvalue weighted by Gasteiger charge is 2.27. The van der Waals surface area contributed by atoms with Crippen molar-refractivity contribution in [3.8, 4) is 0 Å². The van der Waals surface area contributed by atoms with Gasteiger partial charge in [0.2, 0.25) is 0 Å². The van der Waals surface area contributed by atoms with Crippen molar-refractivity contribution in [3.05, 3.63) is 22.2 Å². The normalized spacial score (nSPS) is 26.4. The molecule has 5 nitrogen and oxygen atoms in total. The predicted molar refractivity (Wildman–Crippen MR) is 79.8 cm³/mol. The van der Waals surface area contributed by atoms with Gasteiger partial charge in [-0.3, -0.25) is 4.79 Å². The van der Waals surface area contributed by atoms with Gasteiger partial charge in [0.15, 0.2) is 0 Å². The Balaban J connectivity index is 1.63. The van der Waals surface area contributed by atoms with E-state index in [0.717, 1.165) is 37.6 Å². The van der Waals surface area contributed by atoms with Gasteiger partial charge in [-0.1, -0.05) is 12.8 Å². The van der Waals surface area contributed by atoms with Crippen molar-refractivity contribution in [1.82, 2.24) is 9.97 Å². The molecule has 0 aliphatic heterocycles. The monoisotopic (exact) mass is 276 g/mol. The molecule has 0 bridgehead atoms. The van der Waals surface area contributed by atoms with E-state index in [1.807, 2.05) is 0 Å². The molecule has 3 rings (SSSR count). The van der Waals surface area contributed by atoms with Gasteiger partial charge in [-0.2, -0.15) is 0 Å². The van der Waals surface area contributed by atoms with Crippen LogP contribution in [0.5, 0.6) is 0 Å². The summed E-state index contributed by atoms with van der Waals surface area (Å²) in [5, 5.41) is 3.36. The molecule has 4 N–H and O–H groups in total. The number of anilines is 1. The Morgan fingerprint density at radius 2 is 2.00 bits per heavy atom. The van der Waals surface area contributed by atoms with E-state index in [1.165, 1.54) is 25.7 Å². The zero-order valence-electron chi connectivity index (χ0n) is 11.9. The van der Waals surface area contributed by atoms with Gasteiger partial charge in [0.1, 0.15) is 11.6 Å². The molecule has 2 unspecified atom stereocenters. The number of nitrogens with zero attached hydrogens (tertiary/aromatic N) is 1. The summed E-state index contributed by atoms with van der Waals surface area (Å²) in [6.45, 7) is 1.64. The van der Waals surface area contributed by atoms with Gasteiger partial charge in [-0.25, -0.2) is 4.98 Å². The highest BCUT2D eigenvalue weighted by molar-refractivity contribution is 5.34. The Hall–Kier alpha value is -1.36. The fourth-order valence-electron chi connectivity index (χ4n) is 3.22. The van der Waals surface area contributed by atoms with Crippen LogP contribution in [0.25, 0.3) is 0 Å². The van der Waals surface area contributed by atoms with Gasteiger partial charge >= 0.3 is 0 Å². The lowest BCUT2D eigenvalue weighted by molar-refractivity contribution is 0.255. The maximum atomic E-state index is 11.7. The molecule has 20 heavy (non-hydrogen) atoms. The van der Waals surface area contributed by atoms with Crippen LogP contribution in [0, 0.1) is 11.8 Å². The first-order chi connectivity index (χ1) is 9.76. The number of nitrogens with two attached hydrogens (primary N) is 1. The van der Waals surface area contributed by atoms with Crippen LogP contribution in [0.1, 0.15) is 50.3 Å². The molecule has 5 heteroatoms. The fraction of sp³-hybridized carbons (Fsp3) is 0.733. The number of rotatable bonds is 5. The zero-order chi connectivity index (χ0) is 13.9. The van der Waals surface area contributed by atoms with Gasteiger partial charge in [0, 0.05) is 18.5 Å². The molecular formula is C15H24N4O. The maximum Gasteiger partial charge on any atom is 0.252 e. The number of aromatic amines is 1. The lowest BCUT2D eigenvalue weighted by atomic mass is 9.79. The van der Waals surface area contributed by atoms with Gasteiger partial charge in [0.25, 0.3) is 5.56 Å². The summed E-state index contributed by atoms with van der Waals surface area (Å²) in [6, 6.07) is 1.56. The number of nitrogens with one attached hydrogen (secondary N) is 2. The molecular weight excluding hydrogens is 252 g/mol. The molecule has 1 aromatic rings. The molecule has 110 valence electrons. The lowest BCUT2D eigenvalue weighted by Gasteiger charge is -2.30. The molecule has 2 atom stereocenters. The summed E-state index contributed by atoms with van der Waals surface area (Å²) in [7, 11) is 0. The first kappa shape index (κ1) is 13.6. The number of aromatic nitrogens is 2. The topological polar surface area (TPSA) is 83.8 Å². The number of hydrogen-bond acceptors (Lipinski definition) is 4. The van der Waals surface area contributed by atoms with E-state index in [1.54, 1.807) is 6.07 Å². The van der Waals surface area contributed by atoms with E-state index >= 15 is 0 Å². The molecule has 1 heterocycles. The van der Waals surface area contributed by atoms with Crippen LogP contribution in [0.2, 0.25) is 0 Å². The van der Waals surface area contributed by atoms with Crippen molar-refractivity contribution >= 4 is 5.82 Å². The van der Waals surface area contributed by atoms with Gasteiger partial charge in [0.05, 0.1) is 0 Å². The molecule has 2 aliphatic carbocycles. The van der Waals surface area contributed by atoms with E-state index in [0.29, 0.717) is 17.8 Å². The summed E-state index contributed by atoms with van der Waals surface area (Å²) in [4.78, 5) is 19.0. The van der Waals surface area contributed by atoms with Crippen molar-refractivity contribution in [1.29, 1.82) is 0 Å². The van der Waals surface area contributed by atoms with Gasteiger partial charge < -0.3 is 16.0 Å². The standard InChI is InChI=1S/C15H24N4O/c16-8-11-3-1-2-4-12(11)9-17-13-7-14(20)19-15(18-13)10-5-6-10/h7,10-12H,1-6,8-9,16H2,(H2,17,18,19,20). The molecule has 0 saturated heterocycles. The van der Waals surface area contributed by atoms with Crippen LogP contribution in [0.15, 0.2) is 10.9 Å².